The molecule has 23 heavy (non-hydrogen) atoms. The SMILES string of the molecule is NC(=O)Cn1cc(NS(=O)(=O)C2=Cc3ccccc3CC2)cn1. The van der Waals surface area contributed by atoms with Gasteiger partial charge in [0.25, 0.3) is 10.0 Å². The Labute approximate surface area is 133 Å². The summed E-state index contributed by atoms with van der Waals surface area (Å²) in [6, 6.07) is 7.72. The van der Waals surface area contributed by atoms with Crippen molar-refractivity contribution in [3.8, 4) is 0 Å². The van der Waals surface area contributed by atoms with E-state index in [0.29, 0.717) is 23.4 Å². The van der Waals surface area contributed by atoms with E-state index in [2.05, 4.69) is 9.82 Å². The largest absolute Gasteiger partial charge is 0.368 e. The number of hydrogen-bond donors (Lipinski definition) is 2. The zero-order valence-electron chi connectivity index (χ0n) is 12.3. The van der Waals surface area contributed by atoms with E-state index < -0.39 is 15.9 Å². The number of fused-ring (bicyclic) bond motifs is 1. The summed E-state index contributed by atoms with van der Waals surface area (Å²) in [6.45, 7) is -0.0994. The molecule has 0 radical (unpaired) electrons. The van der Waals surface area contributed by atoms with Gasteiger partial charge in [0.15, 0.2) is 0 Å². The maximum Gasteiger partial charge on any atom is 0.258 e. The van der Waals surface area contributed by atoms with Crippen LogP contribution in [0, 0.1) is 0 Å². The van der Waals surface area contributed by atoms with Crippen LogP contribution in [0.15, 0.2) is 41.6 Å². The van der Waals surface area contributed by atoms with E-state index in [4.69, 9.17) is 5.73 Å². The molecule has 120 valence electrons. The number of nitrogens with one attached hydrogen (secondary N) is 1. The molecule has 1 aromatic heterocycles. The van der Waals surface area contributed by atoms with Gasteiger partial charge in [-0.3, -0.25) is 14.2 Å². The first-order valence-electron chi connectivity index (χ1n) is 7.06. The Bertz CT molecular complexity index is 884. The summed E-state index contributed by atoms with van der Waals surface area (Å²) in [4.78, 5) is 11.2. The van der Waals surface area contributed by atoms with Crippen LogP contribution in [-0.4, -0.2) is 24.1 Å². The highest BCUT2D eigenvalue weighted by Gasteiger charge is 2.22. The quantitative estimate of drug-likeness (QED) is 0.854. The number of benzene rings is 1. The molecule has 7 nitrogen and oxygen atoms in total. The topological polar surface area (TPSA) is 107 Å². The normalized spacial score (nSPS) is 14.0. The van der Waals surface area contributed by atoms with Gasteiger partial charge < -0.3 is 5.73 Å². The minimum absolute atomic E-state index is 0.0994. The number of carbonyl (C=O) groups excluding carboxylic acids is 1. The van der Waals surface area contributed by atoms with E-state index in [1.54, 1.807) is 6.08 Å². The van der Waals surface area contributed by atoms with Crippen LogP contribution in [0.1, 0.15) is 17.5 Å². The summed E-state index contributed by atoms with van der Waals surface area (Å²) < 4.78 is 28.7. The zero-order chi connectivity index (χ0) is 16.4. The van der Waals surface area contributed by atoms with Crippen molar-refractivity contribution in [3.63, 3.8) is 0 Å². The number of amides is 1. The highest BCUT2D eigenvalue weighted by atomic mass is 32.2. The number of carbonyl (C=O) groups is 1. The van der Waals surface area contributed by atoms with Crippen molar-refractivity contribution in [2.75, 3.05) is 4.72 Å². The van der Waals surface area contributed by atoms with Gasteiger partial charge in [0, 0.05) is 6.20 Å². The predicted molar refractivity (Wildman–Crippen MR) is 86.7 cm³/mol. The number of hydrogen-bond acceptors (Lipinski definition) is 4. The lowest BCUT2D eigenvalue weighted by Crippen LogP contribution is -2.19. The summed E-state index contributed by atoms with van der Waals surface area (Å²) in [5.74, 6) is -0.547. The molecule has 0 spiro atoms. The average molecular weight is 332 g/mol. The monoisotopic (exact) mass is 332 g/mol. The molecule has 0 bridgehead atoms. The summed E-state index contributed by atoms with van der Waals surface area (Å²) in [5.41, 5.74) is 7.43. The van der Waals surface area contributed by atoms with Gasteiger partial charge in [-0.05, 0) is 30.0 Å². The standard InChI is InChI=1S/C15H16N4O3S/c16-15(20)10-19-9-13(8-17-19)18-23(21,22)14-6-5-11-3-1-2-4-12(11)7-14/h1-4,7-9,18H,5-6,10H2,(H2,16,20). The third-order valence-corrected chi connectivity index (χ3v) is 5.08. The molecule has 1 amide bonds. The van der Waals surface area contributed by atoms with Crippen molar-refractivity contribution in [1.29, 1.82) is 0 Å². The minimum Gasteiger partial charge on any atom is -0.368 e. The van der Waals surface area contributed by atoms with Gasteiger partial charge >= 0.3 is 0 Å². The molecule has 0 saturated carbocycles. The molecule has 0 fully saturated rings. The Hall–Kier alpha value is -2.61. The summed E-state index contributed by atoms with van der Waals surface area (Å²) in [5, 5.41) is 3.89. The van der Waals surface area contributed by atoms with Crippen molar-refractivity contribution in [3.05, 3.63) is 52.7 Å². The number of sulfonamides is 1. The van der Waals surface area contributed by atoms with Crippen LogP contribution >= 0.6 is 0 Å². The molecule has 3 rings (SSSR count). The predicted octanol–water partition coefficient (Wildman–Crippen LogP) is 1.10. The van der Waals surface area contributed by atoms with Crippen LogP contribution in [-0.2, 0) is 27.8 Å². The number of rotatable bonds is 5. The molecule has 1 heterocycles. The molecule has 2 aromatic rings. The Morgan fingerprint density at radius 2 is 2.09 bits per heavy atom. The summed E-state index contributed by atoms with van der Waals surface area (Å²) in [6.07, 6.45) is 5.60. The van der Waals surface area contributed by atoms with E-state index in [0.717, 1.165) is 11.1 Å². The van der Waals surface area contributed by atoms with Crippen molar-refractivity contribution in [1.82, 2.24) is 9.78 Å². The molecule has 3 N–H and O–H groups in total. The highest BCUT2D eigenvalue weighted by molar-refractivity contribution is 7.96. The number of nitrogens with zero attached hydrogens (tertiary/aromatic N) is 2. The van der Waals surface area contributed by atoms with Gasteiger partial charge in [0.05, 0.1) is 16.8 Å². The maximum absolute atomic E-state index is 12.5. The van der Waals surface area contributed by atoms with Crippen LogP contribution < -0.4 is 10.5 Å². The molecule has 0 atom stereocenters. The third-order valence-electron chi connectivity index (χ3n) is 3.56. The minimum atomic E-state index is -3.65. The van der Waals surface area contributed by atoms with Gasteiger partial charge in [-0.2, -0.15) is 5.10 Å². The molecule has 8 heteroatoms. The number of aromatic nitrogens is 2. The lowest BCUT2D eigenvalue weighted by molar-refractivity contribution is -0.118. The van der Waals surface area contributed by atoms with Crippen molar-refractivity contribution in [2.45, 2.75) is 19.4 Å². The molecular formula is C15H16N4O3S. The summed E-state index contributed by atoms with van der Waals surface area (Å²) in [7, 11) is -3.65. The highest BCUT2D eigenvalue weighted by Crippen LogP contribution is 2.27. The van der Waals surface area contributed by atoms with Crippen molar-refractivity contribution in [2.24, 2.45) is 5.73 Å². The van der Waals surface area contributed by atoms with Gasteiger partial charge in [-0.15, -0.1) is 0 Å². The number of aryl methyl sites for hydroxylation is 1. The van der Waals surface area contributed by atoms with E-state index in [9.17, 15) is 13.2 Å². The first-order valence-corrected chi connectivity index (χ1v) is 8.54. The fourth-order valence-corrected chi connectivity index (χ4v) is 3.70. The Balaban J connectivity index is 1.81. The lowest BCUT2D eigenvalue weighted by atomic mass is 9.98. The molecule has 1 aromatic carbocycles. The van der Waals surface area contributed by atoms with Crippen LogP contribution in [0.2, 0.25) is 0 Å². The lowest BCUT2D eigenvalue weighted by Gasteiger charge is -2.16. The maximum atomic E-state index is 12.5. The van der Waals surface area contributed by atoms with E-state index in [-0.39, 0.29) is 6.54 Å². The fraction of sp³-hybridized carbons (Fsp3) is 0.200. The Morgan fingerprint density at radius 1 is 1.30 bits per heavy atom. The van der Waals surface area contributed by atoms with Crippen LogP contribution in [0.5, 0.6) is 0 Å². The molecule has 0 aliphatic heterocycles. The molecular weight excluding hydrogens is 316 g/mol. The smallest absolute Gasteiger partial charge is 0.258 e. The van der Waals surface area contributed by atoms with Gasteiger partial charge in [-0.25, -0.2) is 8.42 Å². The molecule has 0 unspecified atom stereocenters. The zero-order valence-corrected chi connectivity index (χ0v) is 13.1. The first-order chi connectivity index (χ1) is 10.9. The number of anilines is 1. The van der Waals surface area contributed by atoms with Crippen molar-refractivity contribution < 1.29 is 13.2 Å². The fourth-order valence-electron chi connectivity index (χ4n) is 2.50. The number of primary amides is 1. The molecule has 0 saturated heterocycles. The van der Waals surface area contributed by atoms with Crippen LogP contribution in [0.3, 0.4) is 0 Å². The summed E-state index contributed by atoms with van der Waals surface area (Å²) >= 11 is 0. The van der Waals surface area contributed by atoms with Crippen molar-refractivity contribution >= 4 is 27.7 Å². The Morgan fingerprint density at radius 3 is 2.87 bits per heavy atom. The first kappa shape index (κ1) is 15.3. The second kappa shape index (κ2) is 5.88. The van der Waals surface area contributed by atoms with E-state index in [1.165, 1.54) is 17.1 Å². The second-order valence-corrected chi connectivity index (χ2v) is 7.04. The average Bonchev–Trinajstić information content (AvgIpc) is 2.92. The van der Waals surface area contributed by atoms with Gasteiger partial charge in [0.2, 0.25) is 5.91 Å². The molecule has 1 aliphatic carbocycles. The van der Waals surface area contributed by atoms with E-state index >= 15 is 0 Å². The second-order valence-electron chi connectivity index (χ2n) is 5.31. The van der Waals surface area contributed by atoms with Crippen LogP contribution in [0.4, 0.5) is 5.69 Å². The number of nitrogens with two attached hydrogens (primary N) is 1. The van der Waals surface area contributed by atoms with Gasteiger partial charge in [-0.1, -0.05) is 24.3 Å². The van der Waals surface area contributed by atoms with Crippen LogP contribution in [0.25, 0.3) is 6.08 Å². The molecule has 1 aliphatic rings. The van der Waals surface area contributed by atoms with E-state index in [1.807, 2.05) is 24.3 Å². The Kier molecular flexibility index (Phi) is 3.91. The van der Waals surface area contributed by atoms with Gasteiger partial charge in [0.1, 0.15) is 6.54 Å². The third kappa shape index (κ3) is 3.42. The number of allylic oxidation sites excluding steroid dienone is 1.